The first kappa shape index (κ1) is 7.84. The van der Waals surface area contributed by atoms with Gasteiger partial charge in [0.25, 0.3) is 0 Å². The third kappa shape index (κ3) is 1.62. The minimum atomic E-state index is -0.844. The van der Waals surface area contributed by atoms with Crippen LogP contribution in [0.15, 0.2) is 0 Å². The van der Waals surface area contributed by atoms with Gasteiger partial charge in [-0.15, -0.1) is 11.8 Å². The maximum atomic E-state index is 10.3. The van der Waals surface area contributed by atoms with E-state index in [9.17, 15) is 4.79 Å². The largest absolute Gasteiger partial charge is 0.480 e. The number of hydrogen-bond donors (Lipinski definition) is 3. The van der Waals surface area contributed by atoms with Crippen molar-refractivity contribution in [1.82, 2.24) is 5.32 Å². The van der Waals surface area contributed by atoms with E-state index in [1.165, 1.54) is 11.8 Å². The minimum Gasteiger partial charge on any atom is -0.480 e. The molecule has 0 saturated carbocycles. The van der Waals surface area contributed by atoms with Crippen LogP contribution in [0.5, 0.6) is 0 Å². The Bertz CT molecular complexity index is 141. The molecule has 1 fully saturated rings. The number of aliphatic hydroxyl groups is 1. The molecular weight excluding hydrogens is 154 g/mol. The van der Waals surface area contributed by atoms with Crippen LogP contribution in [-0.2, 0) is 4.79 Å². The molecule has 1 aliphatic heterocycles. The van der Waals surface area contributed by atoms with E-state index in [1.54, 1.807) is 0 Å². The van der Waals surface area contributed by atoms with E-state index in [2.05, 4.69) is 5.32 Å². The maximum absolute atomic E-state index is 10.3. The molecule has 0 aromatic rings. The number of nitrogens with one attached hydrogen (secondary N) is 1. The van der Waals surface area contributed by atoms with E-state index >= 15 is 0 Å². The van der Waals surface area contributed by atoms with Crippen molar-refractivity contribution < 1.29 is 15.0 Å². The molecule has 0 aliphatic carbocycles. The van der Waals surface area contributed by atoms with Gasteiger partial charge in [0.2, 0.25) is 0 Å². The number of hydrogen-bond acceptors (Lipinski definition) is 4. The zero-order chi connectivity index (χ0) is 7.56. The number of rotatable bonds is 2. The number of carbonyl (C=O) groups is 1. The first-order valence-corrected chi connectivity index (χ1v) is 4.00. The molecule has 4 nitrogen and oxygen atoms in total. The van der Waals surface area contributed by atoms with Crippen molar-refractivity contribution in [2.24, 2.45) is 0 Å². The molecule has 58 valence electrons. The molecule has 1 unspecified atom stereocenters. The third-order valence-electron chi connectivity index (χ3n) is 1.32. The Morgan fingerprint density at radius 2 is 2.50 bits per heavy atom. The molecule has 0 radical (unpaired) electrons. The van der Waals surface area contributed by atoms with Crippen molar-refractivity contribution >= 4 is 17.7 Å². The van der Waals surface area contributed by atoms with Crippen LogP contribution >= 0.6 is 11.8 Å². The predicted molar refractivity (Wildman–Crippen MR) is 37.9 cm³/mol. The highest BCUT2D eigenvalue weighted by Gasteiger charge is 2.28. The van der Waals surface area contributed by atoms with Gasteiger partial charge >= 0.3 is 5.97 Å². The highest BCUT2D eigenvalue weighted by atomic mass is 32.2. The van der Waals surface area contributed by atoms with Crippen LogP contribution in [0.3, 0.4) is 0 Å². The average Bonchev–Trinajstić information content (AvgIpc) is 2.34. The smallest absolute Gasteiger partial charge is 0.321 e. The molecular formula is C5H9NO3S. The topological polar surface area (TPSA) is 69.6 Å². The highest BCUT2D eigenvalue weighted by Crippen LogP contribution is 2.17. The summed E-state index contributed by atoms with van der Waals surface area (Å²) < 4.78 is 0. The van der Waals surface area contributed by atoms with Crippen molar-refractivity contribution in [2.75, 3.05) is 12.4 Å². The van der Waals surface area contributed by atoms with E-state index in [0.29, 0.717) is 5.75 Å². The van der Waals surface area contributed by atoms with Crippen LogP contribution in [0.2, 0.25) is 0 Å². The Kier molecular flexibility index (Phi) is 2.53. The second kappa shape index (κ2) is 3.23. The second-order valence-electron chi connectivity index (χ2n) is 2.06. The van der Waals surface area contributed by atoms with Crippen LogP contribution in [0.25, 0.3) is 0 Å². The van der Waals surface area contributed by atoms with Crippen LogP contribution in [0.1, 0.15) is 0 Å². The molecule has 10 heavy (non-hydrogen) atoms. The van der Waals surface area contributed by atoms with Crippen LogP contribution in [0, 0.1) is 0 Å². The Labute approximate surface area is 62.6 Å². The standard InChI is InChI=1S/C5H9NO3S/c7-1-4-6-3(2-10-4)5(8)9/h3-4,6-7H,1-2H2,(H,8,9)/t3-,4?/m0/s1. The third-order valence-corrected chi connectivity index (χ3v) is 2.53. The molecule has 1 heterocycles. The fourth-order valence-corrected chi connectivity index (χ4v) is 1.81. The van der Waals surface area contributed by atoms with Gasteiger partial charge < -0.3 is 10.2 Å². The van der Waals surface area contributed by atoms with Crippen LogP contribution in [0.4, 0.5) is 0 Å². The zero-order valence-electron chi connectivity index (χ0n) is 5.28. The molecule has 3 N–H and O–H groups in total. The highest BCUT2D eigenvalue weighted by molar-refractivity contribution is 8.00. The van der Waals surface area contributed by atoms with Gasteiger partial charge in [-0.3, -0.25) is 10.1 Å². The van der Waals surface area contributed by atoms with Gasteiger partial charge in [-0.05, 0) is 0 Å². The summed E-state index contributed by atoms with van der Waals surface area (Å²) in [6.45, 7) is -0.00551. The number of thioether (sulfide) groups is 1. The van der Waals surface area contributed by atoms with Crippen molar-refractivity contribution in [3.8, 4) is 0 Å². The van der Waals surface area contributed by atoms with Crippen molar-refractivity contribution in [2.45, 2.75) is 11.4 Å². The fourth-order valence-electron chi connectivity index (χ4n) is 0.781. The minimum absolute atomic E-state index is 0.00551. The maximum Gasteiger partial charge on any atom is 0.321 e. The molecule has 0 bridgehead atoms. The Balaban J connectivity index is 2.35. The lowest BCUT2D eigenvalue weighted by Gasteiger charge is -2.05. The number of aliphatic carboxylic acids is 1. The summed E-state index contributed by atoms with van der Waals surface area (Å²) >= 11 is 1.44. The van der Waals surface area contributed by atoms with Gasteiger partial charge in [0.15, 0.2) is 0 Å². The summed E-state index contributed by atoms with van der Waals surface area (Å²) in [7, 11) is 0. The van der Waals surface area contributed by atoms with Gasteiger partial charge in [-0.1, -0.05) is 0 Å². The summed E-state index contributed by atoms with van der Waals surface area (Å²) in [5, 5.41) is 19.7. The van der Waals surface area contributed by atoms with Gasteiger partial charge in [0, 0.05) is 5.75 Å². The lowest BCUT2D eigenvalue weighted by atomic mass is 10.3. The predicted octanol–water partition coefficient (Wildman–Crippen LogP) is -0.906. The van der Waals surface area contributed by atoms with E-state index in [4.69, 9.17) is 10.2 Å². The average molecular weight is 163 g/mol. The van der Waals surface area contributed by atoms with Gasteiger partial charge in [0.05, 0.1) is 12.0 Å². The molecule has 1 rings (SSSR count). The molecule has 2 atom stereocenters. The van der Waals surface area contributed by atoms with Gasteiger partial charge in [0.1, 0.15) is 6.04 Å². The Morgan fingerprint density at radius 3 is 2.80 bits per heavy atom. The van der Waals surface area contributed by atoms with Gasteiger partial charge in [-0.2, -0.15) is 0 Å². The summed E-state index contributed by atoms with van der Waals surface area (Å²) in [5.74, 6) is -0.302. The zero-order valence-corrected chi connectivity index (χ0v) is 6.10. The van der Waals surface area contributed by atoms with Crippen LogP contribution in [-0.4, -0.2) is 40.0 Å². The fraction of sp³-hybridized carbons (Fsp3) is 0.800. The van der Waals surface area contributed by atoms with Crippen molar-refractivity contribution in [1.29, 1.82) is 0 Å². The normalized spacial score (nSPS) is 32.5. The number of aliphatic hydroxyl groups excluding tert-OH is 1. The van der Waals surface area contributed by atoms with Crippen molar-refractivity contribution in [3.63, 3.8) is 0 Å². The lowest BCUT2D eigenvalue weighted by Crippen LogP contribution is -2.37. The van der Waals surface area contributed by atoms with Gasteiger partial charge in [-0.25, -0.2) is 0 Å². The molecule has 5 heteroatoms. The number of carboxylic acids is 1. The Hall–Kier alpha value is -0.260. The van der Waals surface area contributed by atoms with Crippen LogP contribution < -0.4 is 5.32 Å². The molecule has 0 spiro atoms. The molecule has 1 saturated heterocycles. The Morgan fingerprint density at radius 1 is 1.80 bits per heavy atom. The van der Waals surface area contributed by atoms with E-state index < -0.39 is 12.0 Å². The monoisotopic (exact) mass is 163 g/mol. The summed E-state index contributed by atoms with van der Waals surface area (Å²) in [6, 6.07) is -0.484. The summed E-state index contributed by atoms with van der Waals surface area (Å²) in [5.41, 5.74) is 0. The molecule has 0 aromatic carbocycles. The van der Waals surface area contributed by atoms with Crippen molar-refractivity contribution in [3.05, 3.63) is 0 Å². The first-order chi connectivity index (χ1) is 4.74. The summed E-state index contributed by atoms with van der Waals surface area (Å²) in [6.07, 6.45) is 0. The number of carboxylic acid groups (broad SMARTS) is 1. The lowest BCUT2D eigenvalue weighted by molar-refractivity contribution is -0.138. The first-order valence-electron chi connectivity index (χ1n) is 2.95. The molecule has 0 amide bonds. The van der Waals surface area contributed by atoms with E-state index in [0.717, 1.165) is 0 Å². The second-order valence-corrected chi connectivity index (χ2v) is 3.30. The van der Waals surface area contributed by atoms with E-state index in [-0.39, 0.29) is 12.0 Å². The quantitative estimate of drug-likeness (QED) is 0.492. The molecule has 0 aromatic heterocycles. The SMILES string of the molecule is O=C(O)[C@@H]1CSC(CO)N1. The van der Waals surface area contributed by atoms with E-state index in [1.807, 2.05) is 0 Å². The summed E-state index contributed by atoms with van der Waals surface area (Å²) in [4.78, 5) is 10.3. The molecule has 1 aliphatic rings.